The first-order chi connectivity index (χ1) is 11.3. The molecule has 0 amide bonds. The Kier molecular flexibility index (Phi) is 2.65. The van der Waals surface area contributed by atoms with Gasteiger partial charge in [0.1, 0.15) is 0 Å². The molecule has 3 aliphatic rings. The molecular formula is C20H18O3. The van der Waals surface area contributed by atoms with E-state index in [2.05, 4.69) is 48.5 Å². The third-order valence-electron chi connectivity index (χ3n) is 5.42. The van der Waals surface area contributed by atoms with Gasteiger partial charge in [0.25, 0.3) is 0 Å². The normalized spacial score (nSPS) is 29.4. The van der Waals surface area contributed by atoms with Crippen molar-refractivity contribution < 1.29 is 14.2 Å². The highest BCUT2D eigenvalue weighted by Crippen LogP contribution is 2.66. The molecule has 0 spiro atoms. The molecule has 2 aromatic rings. The van der Waals surface area contributed by atoms with Gasteiger partial charge < -0.3 is 14.2 Å². The molecule has 23 heavy (non-hydrogen) atoms. The third-order valence-corrected chi connectivity index (χ3v) is 5.42. The smallest absolute Gasteiger partial charge is 0.161 e. The minimum Gasteiger partial charge on any atom is -0.493 e. The molecule has 0 saturated carbocycles. The first-order valence-electron chi connectivity index (χ1n) is 8.00. The maximum atomic E-state index is 6.32. The van der Waals surface area contributed by atoms with Crippen molar-refractivity contribution >= 4 is 5.57 Å². The summed E-state index contributed by atoms with van der Waals surface area (Å²) in [6.07, 6.45) is 2.68. The van der Waals surface area contributed by atoms with Gasteiger partial charge in [-0.1, -0.05) is 36.4 Å². The highest BCUT2D eigenvalue weighted by molar-refractivity contribution is 5.76. The number of fused-ring (bicyclic) bond motifs is 8. The van der Waals surface area contributed by atoms with E-state index in [4.69, 9.17) is 14.2 Å². The molecule has 2 bridgehead atoms. The first kappa shape index (κ1) is 13.2. The lowest BCUT2D eigenvalue weighted by Gasteiger charge is -2.38. The molecule has 116 valence electrons. The van der Waals surface area contributed by atoms with Crippen molar-refractivity contribution in [2.24, 2.45) is 11.8 Å². The summed E-state index contributed by atoms with van der Waals surface area (Å²) in [4.78, 5) is 0. The minimum atomic E-state index is 0.139. The molecule has 0 aromatic heterocycles. The Hall–Kier alpha value is -2.26. The fourth-order valence-corrected chi connectivity index (χ4v) is 4.35. The predicted molar refractivity (Wildman–Crippen MR) is 87.5 cm³/mol. The van der Waals surface area contributed by atoms with Crippen LogP contribution in [0.15, 0.2) is 48.5 Å². The molecule has 1 aliphatic carbocycles. The van der Waals surface area contributed by atoms with Crippen LogP contribution in [0.2, 0.25) is 0 Å². The van der Waals surface area contributed by atoms with Crippen LogP contribution in [0, 0.1) is 11.8 Å². The summed E-state index contributed by atoms with van der Waals surface area (Å²) in [6.45, 7) is 0. The van der Waals surface area contributed by atoms with Gasteiger partial charge in [0.05, 0.1) is 26.4 Å². The average Bonchev–Trinajstić information content (AvgIpc) is 3.05. The van der Waals surface area contributed by atoms with Crippen molar-refractivity contribution in [2.45, 2.75) is 12.2 Å². The Labute approximate surface area is 135 Å². The van der Waals surface area contributed by atoms with E-state index >= 15 is 0 Å². The summed E-state index contributed by atoms with van der Waals surface area (Å²) < 4.78 is 17.2. The molecular weight excluding hydrogens is 288 g/mol. The number of methoxy groups -OCH3 is 2. The Morgan fingerprint density at radius 3 is 2.17 bits per heavy atom. The summed E-state index contributed by atoms with van der Waals surface area (Å²) in [5.74, 6) is 2.52. The van der Waals surface area contributed by atoms with Gasteiger partial charge in [-0.15, -0.1) is 0 Å². The lowest BCUT2D eigenvalue weighted by atomic mass is 9.63. The fourth-order valence-electron chi connectivity index (χ4n) is 4.35. The molecule has 1 fully saturated rings. The highest BCUT2D eigenvalue weighted by atomic mass is 16.5. The van der Waals surface area contributed by atoms with Crippen LogP contribution in [0.25, 0.3) is 5.57 Å². The van der Waals surface area contributed by atoms with E-state index in [1.807, 2.05) is 0 Å². The summed E-state index contributed by atoms with van der Waals surface area (Å²) in [7, 11) is 3.36. The Morgan fingerprint density at radius 1 is 0.870 bits per heavy atom. The van der Waals surface area contributed by atoms with E-state index < -0.39 is 0 Å². The second-order valence-electron chi connectivity index (χ2n) is 6.40. The van der Waals surface area contributed by atoms with Crippen LogP contribution in [-0.4, -0.2) is 14.2 Å². The van der Waals surface area contributed by atoms with E-state index in [0.717, 1.165) is 11.5 Å². The Bertz CT molecular complexity index is 809. The topological polar surface area (TPSA) is 27.7 Å². The standard InChI is InChI=1S/C20H18O3/c1-21-16-9-13-14(10-17(16)22-2)20-18-12(8-15(18)19(13)23-20)11-6-4-3-5-7-11/h3-10,15,18-20H,1-2H3/t15?,18?,19-,20+/m1/s1. The van der Waals surface area contributed by atoms with Crippen molar-refractivity contribution in [1.29, 1.82) is 0 Å². The quantitative estimate of drug-likeness (QED) is 0.852. The molecule has 2 aromatic carbocycles. The SMILES string of the molecule is COc1cc2c(cc1OC)[C@@H]1O[C@H]2C2C=C(c3ccccc3)C21. The molecule has 4 atom stereocenters. The molecule has 1 saturated heterocycles. The van der Waals surface area contributed by atoms with Gasteiger partial charge in [-0.2, -0.15) is 0 Å². The molecule has 2 unspecified atom stereocenters. The molecule has 2 aliphatic heterocycles. The van der Waals surface area contributed by atoms with Crippen LogP contribution in [0.4, 0.5) is 0 Å². The lowest BCUT2D eigenvalue weighted by molar-refractivity contribution is 0.0626. The number of hydrogen-bond acceptors (Lipinski definition) is 3. The van der Waals surface area contributed by atoms with Gasteiger partial charge in [0.15, 0.2) is 11.5 Å². The van der Waals surface area contributed by atoms with Gasteiger partial charge in [0.2, 0.25) is 0 Å². The largest absolute Gasteiger partial charge is 0.493 e. The van der Waals surface area contributed by atoms with Gasteiger partial charge in [-0.3, -0.25) is 0 Å². The van der Waals surface area contributed by atoms with E-state index in [1.54, 1.807) is 14.2 Å². The zero-order valence-electron chi connectivity index (χ0n) is 13.2. The second kappa shape index (κ2) is 4.62. The Balaban J connectivity index is 1.56. The van der Waals surface area contributed by atoms with Crippen molar-refractivity contribution in [3.05, 3.63) is 65.2 Å². The van der Waals surface area contributed by atoms with Gasteiger partial charge in [-0.05, 0) is 34.4 Å². The zero-order valence-corrected chi connectivity index (χ0v) is 13.2. The van der Waals surface area contributed by atoms with E-state index in [9.17, 15) is 0 Å². The highest BCUT2D eigenvalue weighted by Gasteiger charge is 2.57. The number of rotatable bonds is 3. The average molecular weight is 306 g/mol. The number of ether oxygens (including phenoxy) is 3. The second-order valence-corrected chi connectivity index (χ2v) is 6.40. The summed E-state index contributed by atoms with van der Waals surface area (Å²) in [5, 5.41) is 0. The Morgan fingerprint density at radius 2 is 1.52 bits per heavy atom. The van der Waals surface area contributed by atoms with Crippen molar-refractivity contribution in [3.8, 4) is 11.5 Å². The molecule has 0 radical (unpaired) electrons. The van der Waals surface area contributed by atoms with Crippen LogP contribution in [0.1, 0.15) is 28.9 Å². The van der Waals surface area contributed by atoms with Gasteiger partial charge in [-0.25, -0.2) is 0 Å². The molecule has 5 rings (SSSR count). The zero-order chi connectivity index (χ0) is 15.6. The number of benzene rings is 2. The van der Waals surface area contributed by atoms with Gasteiger partial charge in [0, 0.05) is 11.8 Å². The van der Waals surface area contributed by atoms with E-state index in [0.29, 0.717) is 11.8 Å². The molecule has 3 heteroatoms. The maximum Gasteiger partial charge on any atom is 0.161 e. The summed E-state index contributed by atoms with van der Waals surface area (Å²) in [5.41, 5.74) is 5.25. The monoisotopic (exact) mass is 306 g/mol. The number of hydrogen-bond donors (Lipinski definition) is 0. The van der Waals surface area contributed by atoms with E-state index in [-0.39, 0.29) is 12.2 Å². The van der Waals surface area contributed by atoms with E-state index in [1.165, 1.54) is 22.3 Å². The van der Waals surface area contributed by atoms with Crippen LogP contribution in [-0.2, 0) is 4.74 Å². The summed E-state index contributed by atoms with van der Waals surface area (Å²) >= 11 is 0. The first-order valence-corrected chi connectivity index (χ1v) is 8.00. The molecule has 3 nitrogen and oxygen atoms in total. The lowest BCUT2D eigenvalue weighted by Crippen LogP contribution is -2.29. The van der Waals surface area contributed by atoms with Crippen LogP contribution in [0.3, 0.4) is 0 Å². The van der Waals surface area contributed by atoms with Crippen molar-refractivity contribution in [2.75, 3.05) is 14.2 Å². The van der Waals surface area contributed by atoms with Crippen LogP contribution in [0.5, 0.6) is 11.5 Å². The fraction of sp³-hybridized carbons (Fsp3) is 0.300. The minimum absolute atomic E-state index is 0.139. The molecule has 2 heterocycles. The van der Waals surface area contributed by atoms with Crippen molar-refractivity contribution in [1.82, 2.24) is 0 Å². The van der Waals surface area contributed by atoms with Crippen LogP contribution >= 0.6 is 0 Å². The maximum absolute atomic E-state index is 6.32. The van der Waals surface area contributed by atoms with Gasteiger partial charge >= 0.3 is 0 Å². The predicted octanol–water partition coefficient (Wildman–Crippen LogP) is 4.16. The van der Waals surface area contributed by atoms with Crippen molar-refractivity contribution in [3.63, 3.8) is 0 Å². The third kappa shape index (κ3) is 1.63. The summed E-state index contributed by atoms with van der Waals surface area (Å²) in [6, 6.07) is 14.8. The molecule has 0 N–H and O–H groups in total. The van der Waals surface area contributed by atoms with Crippen LogP contribution < -0.4 is 9.47 Å².